The fourth-order valence-electron chi connectivity index (χ4n) is 1.23. The molecule has 0 amide bonds. The first-order valence-corrected chi connectivity index (χ1v) is 5.09. The van der Waals surface area contributed by atoms with E-state index in [4.69, 9.17) is 10.8 Å². The van der Waals surface area contributed by atoms with Crippen LogP contribution in [-0.2, 0) is 6.61 Å². The highest BCUT2D eigenvalue weighted by atomic mass is 32.1. The Bertz CT molecular complexity index is 411. The predicted molar refractivity (Wildman–Crippen MR) is 59.4 cm³/mol. The lowest BCUT2D eigenvalue weighted by atomic mass is 10.2. The van der Waals surface area contributed by atoms with Crippen LogP contribution in [0.2, 0.25) is 0 Å². The van der Waals surface area contributed by atoms with Crippen molar-refractivity contribution < 1.29 is 5.11 Å². The van der Waals surface area contributed by atoms with Crippen LogP contribution in [0, 0.1) is 0 Å². The molecule has 0 saturated heterocycles. The van der Waals surface area contributed by atoms with E-state index in [1.54, 1.807) is 11.3 Å². The van der Waals surface area contributed by atoms with Crippen LogP contribution < -0.4 is 5.73 Å². The summed E-state index contributed by atoms with van der Waals surface area (Å²) in [6.07, 6.45) is 0. The highest BCUT2D eigenvalue weighted by molar-refractivity contribution is 7.80. The SMILES string of the molecule is Nc1cc2cc(CO)sc2cc1S. The molecule has 2 rings (SSSR count). The Hall–Kier alpha value is -0.710. The zero-order valence-corrected chi connectivity index (χ0v) is 8.53. The van der Waals surface area contributed by atoms with E-state index in [0.29, 0.717) is 5.69 Å². The second-order valence-electron chi connectivity index (χ2n) is 2.82. The van der Waals surface area contributed by atoms with Gasteiger partial charge in [-0.15, -0.1) is 24.0 Å². The summed E-state index contributed by atoms with van der Waals surface area (Å²) >= 11 is 5.80. The van der Waals surface area contributed by atoms with E-state index in [1.165, 1.54) is 0 Å². The fraction of sp³-hybridized carbons (Fsp3) is 0.111. The summed E-state index contributed by atoms with van der Waals surface area (Å²) in [6, 6.07) is 5.76. The van der Waals surface area contributed by atoms with E-state index in [0.717, 1.165) is 19.9 Å². The van der Waals surface area contributed by atoms with Crippen molar-refractivity contribution in [3.05, 3.63) is 23.1 Å². The highest BCUT2D eigenvalue weighted by Crippen LogP contribution is 2.31. The van der Waals surface area contributed by atoms with Crippen LogP contribution in [0.4, 0.5) is 5.69 Å². The maximum atomic E-state index is 8.94. The van der Waals surface area contributed by atoms with Gasteiger partial charge in [0.15, 0.2) is 0 Å². The van der Waals surface area contributed by atoms with Gasteiger partial charge in [0.1, 0.15) is 0 Å². The average molecular weight is 211 g/mol. The van der Waals surface area contributed by atoms with Gasteiger partial charge in [-0.2, -0.15) is 0 Å². The molecule has 0 bridgehead atoms. The van der Waals surface area contributed by atoms with Gasteiger partial charge < -0.3 is 10.8 Å². The van der Waals surface area contributed by atoms with Gasteiger partial charge >= 0.3 is 0 Å². The number of nitrogen functional groups attached to an aromatic ring is 1. The molecule has 0 aliphatic rings. The number of hydrogen-bond acceptors (Lipinski definition) is 4. The van der Waals surface area contributed by atoms with Crippen molar-refractivity contribution >= 4 is 39.7 Å². The van der Waals surface area contributed by atoms with Gasteiger partial charge in [-0.25, -0.2) is 0 Å². The molecule has 0 radical (unpaired) electrons. The van der Waals surface area contributed by atoms with Gasteiger partial charge in [-0.1, -0.05) is 0 Å². The number of rotatable bonds is 1. The van der Waals surface area contributed by atoms with E-state index in [9.17, 15) is 0 Å². The number of nitrogens with two attached hydrogens (primary N) is 1. The van der Waals surface area contributed by atoms with Crippen molar-refractivity contribution in [2.75, 3.05) is 5.73 Å². The molecule has 2 nitrogen and oxygen atoms in total. The van der Waals surface area contributed by atoms with E-state index < -0.39 is 0 Å². The molecule has 3 N–H and O–H groups in total. The molecular formula is C9H9NOS2. The van der Waals surface area contributed by atoms with Crippen LogP contribution in [0.15, 0.2) is 23.1 Å². The Balaban J connectivity index is 2.70. The number of thiol groups is 1. The Labute approximate surface area is 85.4 Å². The summed E-state index contributed by atoms with van der Waals surface area (Å²) in [7, 11) is 0. The quantitative estimate of drug-likeness (QED) is 0.500. The molecule has 0 unspecified atom stereocenters. The lowest BCUT2D eigenvalue weighted by molar-refractivity contribution is 0.285. The molecule has 0 aliphatic carbocycles. The maximum absolute atomic E-state index is 8.94. The topological polar surface area (TPSA) is 46.2 Å². The number of aliphatic hydroxyl groups excluding tert-OH is 1. The van der Waals surface area contributed by atoms with Gasteiger partial charge in [-0.05, 0) is 23.6 Å². The molecule has 68 valence electrons. The summed E-state index contributed by atoms with van der Waals surface area (Å²) in [5.41, 5.74) is 6.38. The van der Waals surface area contributed by atoms with Crippen molar-refractivity contribution in [1.29, 1.82) is 0 Å². The van der Waals surface area contributed by atoms with Crippen molar-refractivity contribution in [2.24, 2.45) is 0 Å². The van der Waals surface area contributed by atoms with Gasteiger partial charge in [0.2, 0.25) is 0 Å². The standard InChI is InChI=1S/C9H9NOS2/c10-7-2-5-1-6(4-11)13-9(5)3-8(7)12/h1-3,11-12H,4,10H2. The predicted octanol–water partition coefficient (Wildman–Crippen LogP) is 2.26. The summed E-state index contributed by atoms with van der Waals surface area (Å²) in [5.74, 6) is 0. The van der Waals surface area contributed by atoms with Gasteiger partial charge in [0.05, 0.1) is 6.61 Å². The maximum Gasteiger partial charge on any atom is 0.0774 e. The first-order chi connectivity index (χ1) is 6.20. The molecule has 4 heteroatoms. The summed E-state index contributed by atoms with van der Waals surface area (Å²) in [6.45, 7) is 0.0845. The second kappa shape index (κ2) is 3.21. The van der Waals surface area contributed by atoms with Crippen LogP contribution in [0.25, 0.3) is 10.1 Å². The zero-order valence-electron chi connectivity index (χ0n) is 6.82. The average Bonchev–Trinajstić information content (AvgIpc) is 2.48. The number of fused-ring (bicyclic) bond motifs is 1. The number of anilines is 1. The number of hydrogen-bond donors (Lipinski definition) is 3. The van der Waals surface area contributed by atoms with E-state index in [-0.39, 0.29) is 6.61 Å². The van der Waals surface area contributed by atoms with E-state index in [1.807, 2.05) is 18.2 Å². The summed E-state index contributed by atoms with van der Waals surface area (Å²) in [4.78, 5) is 1.74. The van der Waals surface area contributed by atoms with Crippen LogP contribution in [0.1, 0.15) is 4.88 Å². The van der Waals surface area contributed by atoms with Crippen LogP contribution in [-0.4, -0.2) is 5.11 Å². The third-order valence-electron chi connectivity index (χ3n) is 1.87. The van der Waals surface area contributed by atoms with E-state index >= 15 is 0 Å². The largest absolute Gasteiger partial charge is 0.398 e. The molecular weight excluding hydrogens is 202 g/mol. The van der Waals surface area contributed by atoms with Crippen molar-refractivity contribution in [1.82, 2.24) is 0 Å². The Morgan fingerprint density at radius 1 is 1.38 bits per heavy atom. The molecule has 1 aromatic carbocycles. The molecule has 0 atom stereocenters. The minimum Gasteiger partial charge on any atom is -0.398 e. The molecule has 1 heterocycles. The van der Waals surface area contributed by atoms with Gasteiger partial charge in [0.25, 0.3) is 0 Å². The van der Waals surface area contributed by atoms with Crippen molar-refractivity contribution in [2.45, 2.75) is 11.5 Å². The smallest absolute Gasteiger partial charge is 0.0774 e. The number of aliphatic hydroxyl groups is 1. The summed E-state index contributed by atoms with van der Waals surface area (Å²) in [5, 5.41) is 10.0. The van der Waals surface area contributed by atoms with Gasteiger partial charge in [-0.3, -0.25) is 0 Å². The second-order valence-corrected chi connectivity index (χ2v) is 4.47. The lowest BCUT2D eigenvalue weighted by Gasteiger charge is -1.97. The van der Waals surface area contributed by atoms with E-state index in [2.05, 4.69) is 12.6 Å². The molecule has 0 fully saturated rings. The number of thiophene rings is 1. The molecule has 0 spiro atoms. The van der Waals surface area contributed by atoms with Gasteiger partial charge in [0, 0.05) is 20.2 Å². The molecule has 1 aromatic heterocycles. The summed E-state index contributed by atoms with van der Waals surface area (Å²) < 4.78 is 1.11. The molecule has 0 aliphatic heterocycles. The third kappa shape index (κ3) is 1.52. The zero-order chi connectivity index (χ0) is 9.42. The lowest BCUT2D eigenvalue weighted by Crippen LogP contribution is -1.84. The van der Waals surface area contributed by atoms with Crippen LogP contribution in [0.5, 0.6) is 0 Å². The Morgan fingerprint density at radius 2 is 2.15 bits per heavy atom. The minimum absolute atomic E-state index is 0.0845. The monoisotopic (exact) mass is 211 g/mol. The first-order valence-electron chi connectivity index (χ1n) is 3.82. The third-order valence-corrected chi connectivity index (χ3v) is 3.34. The highest BCUT2D eigenvalue weighted by Gasteiger charge is 2.03. The van der Waals surface area contributed by atoms with Crippen LogP contribution in [0.3, 0.4) is 0 Å². The van der Waals surface area contributed by atoms with Crippen LogP contribution >= 0.6 is 24.0 Å². The first kappa shape index (κ1) is 8.87. The molecule has 2 aromatic rings. The normalized spacial score (nSPS) is 10.9. The Kier molecular flexibility index (Phi) is 2.19. The Morgan fingerprint density at radius 3 is 2.85 bits per heavy atom. The van der Waals surface area contributed by atoms with Crippen molar-refractivity contribution in [3.63, 3.8) is 0 Å². The molecule has 0 saturated carbocycles. The molecule has 13 heavy (non-hydrogen) atoms. The minimum atomic E-state index is 0.0845. The van der Waals surface area contributed by atoms with Crippen molar-refractivity contribution in [3.8, 4) is 0 Å². The number of benzene rings is 1. The fourth-order valence-corrected chi connectivity index (χ4v) is 2.45.